The van der Waals surface area contributed by atoms with Crippen LogP contribution in [0.1, 0.15) is 62.6 Å². The Morgan fingerprint density at radius 1 is 1.08 bits per heavy atom. The number of thiophene rings is 1. The Labute approximate surface area is 227 Å². The standard InChI is InChI=1S/C27H28F3N5OS2/c1-15(2)11-23(21-9-10-22(38-21)26(36)31-14-24-32-34-35-33-24)37-20-12-16(3)25(17(4)13-20)18-5-7-19(8-6-18)27(28,29)30/h5-10,12-13,15,23H,11,14H2,1-4H3,(H,31,36)(H,32,33,34,35)/t23-/m0/s1. The molecule has 6 nitrogen and oxygen atoms in total. The first-order valence-corrected chi connectivity index (χ1v) is 13.8. The largest absolute Gasteiger partial charge is 0.416 e. The lowest BCUT2D eigenvalue weighted by Gasteiger charge is -2.19. The quantitative estimate of drug-likeness (QED) is 0.209. The van der Waals surface area contributed by atoms with Gasteiger partial charge in [-0.3, -0.25) is 4.79 Å². The van der Waals surface area contributed by atoms with Crippen molar-refractivity contribution in [3.05, 3.63) is 80.8 Å². The van der Waals surface area contributed by atoms with Crippen LogP contribution in [0.15, 0.2) is 53.4 Å². The van der Waals surface area contributed by atoms with Gasteiger partial charge in [0.15, 0.2) is 5.82 Å². The molecule has 2 heterocycles. The molecular formula is C27H28F3N5OS2. The molecule has 2 N–H and O–H groups in total. The van der Waals surface area contributed by atoms with Crippen molar-refractivity contribution in [1.29, 1.82) is 0 Å². The number of aryl methyl sites for hydroxylation is 2. The summed E-state index contributed by atoms with van der Waals surface area (Å²) in [4.78, 5) is 15.4. The summed E-state index contributed by atoms with van der Waals surface area (Å²) in [5.41, 5.74) is 3.06. The van der Waals surface area contributed by atoms with E-state index in [1.54, 1.807) is 11.8 Å². The topological polar surface area (TPSA) is 83.6 Å². The monoisotopic (exact) mass is 559 g/mol. The van der Waals surface area contributed by atoms with Gasteiger partial charge in [0.05, 0.1) is 17.0 Å². The van der Waals surface area contributed by atoms with E-state index in [4.69, 9.17) is 0 Å². The van der Waals surface area contributed by atoms with Crippen molar-refractivity contribution in [2.45, 2.75) is 57.0 Å². The molecule has 38 heavy (non-hydrogen) atoms. The molecule has 0 saturated heterocycles. The predicted molar refractivity (Wildman–Crippen MR) is 144 cm³/mol. The lowest BCUT2D eigenvalue weighted by Crippen LogP contribution is -2.22. The molecule has 11 heteroatoms. The van der Waals surface area contributed by atoms with E-state index in [9.17, 15) is 18.0 Å². The zero-order valence-electron chi connectivity index (χ0n) is 21.4. The number of nitrogens with zero attached hydrogens (tertiary/aromatic N) is 3. The number of hydrogen-bond acceptors (Lipinski definition) is 6. The molecular weight excluding hydrogens is 531 g/mol. The number of aromatic amines is 1. The Morgan fingerprint density at radius 3 is 2.34 bits per heavy atom. The van der Waals surface area contributed by atoms with E-state index in [1.807, 2.05) is 26.0 Å². The van der Waals surface area contributed by atoms with Crippen molar-refractivity contribution in [1.82, 2.24) is 25.9 Å². The molecule has 1 atom stereocenters. The molecule has 2 aromatic heterocycles. The molecule has 4 rings (SSSR count). The molecule has 1 amide bonds. The number of carbonyl (C=O) groups excluding carboxylic acids is 1. The molecule has 0 aliphatic carbocycles. The van der Waals surface area contributed by atoms with E-state index < -0.39 is 11.7 Å². The minimum Gasteiger partial charge on any atom is -0.344 e. The van der Waals surface area contributed by atoms with Gasteiger partial charge in [0, 0.05) is 15.0 Å². The highest BCUT2D eigenvalue weighted by atomic mass is 32.2. The first-order valence-electron chi connectivity index (χ1n) is 12.1. The van der Waals surface area contributed by atoms with Gasteiger partial charge in [-0.1, -0.05) is 31.2 Å². The third-order valence-corrected chi connectivity index (χ3v) is 8.52. The number of carbonyl (C=O) groups is 1. The van der Waals surface area contributed by atoms with Gasteiger partial charge >= 0.3 is 6.18 Å². The van der Waals surface area contributed by atoms with E-state index in [0.717, 1.165) is 50.6 Å². The van der Waals surface area contributed by atoms with E-state index >= 15 is 0 Å². The summed E-state index contributed by atoms with van der Waals surface area (Å²) in [7, 11) is 0. The average molecular weight is 560 g/mol. The summed E-state index contributed by atoms with van der Waals surface area (Å²) in [5, 5.41) is 16.5. The molecule has 0 unspecified atom stereocenters. The van der Waals surface area contributed by atoms with Crippen LogP contribution in [0.4, 0.5) is 13.2 Å². The number of rotatable bonds is 9. The van der Waals surface area contributed by atoms with Gasteiger partial charge in [0.2, 0.25) is 0 Å². The van der Waals surface area contributed by atoms with E-state index in [1.165, 1.54) is 23.5 Å². The van der Waals surface area contributed by atoms with Crippen LogP contribution >= 0.6 is 23.1 Å². The van der Waals surface area contributed by atoms with Gasteiger partial charge in [0.1, 0.15) is 0 Å². The second kappa shape index (κ2) is 11.7. The van der Waals surface area contributed by atoms with E-state index in [-0.39, 0.29) is 17.7 Å². The Morgan fingerprint density at radius 2 is 1.76 bits per heavy atom. The SMILES string of the molecule is Cc1cc(S[C@@H](CC(C)C)c2ccc(C(=O)NCc3nn[nH]n3)s2)cc(C)c1-c1ccc(C(F)(F)F)cc1. The predicted octanol–water partition coefficient (Wildman–Crippen LogP) is 7.37. The average Bonchev–Trinajstić information content (AvgIpc) is 3.54. The maximum absolute atomic E-state index is 13.0. The van der Waals surface area contributed by atoms with E-state index in [2.05, 4.69) is 51.9 Å². The number of tetrazole rings is 1. The highest BCUT2D eigenvalue weighted by Crippen LogP contribution is 2.44. The second-order valence-electron chi connectivity index (χ2n) is 9.46. The van der Waals surface area contributed by atoms with Crippen LogP contribution in [-0.2, 0) is 12.7 Å². The number of aromatic nitrogens is 4. The Bertz CT molecular complexity index is 1360. The molecule has 0 radical (unpaired) electrons. The van der Waals surface area contributed by atoms with Crippen LogP contribution in [-0.4, -0.2) is 26.5 Å². The zero-order chi connectivity index (χ0) is 27.4. The molecule has 0 saturated carbocycles. The smallest absolute Gasteiger partial charge is 0.344 e. The fourth-order valence-electron chi connectivity index (χ4n) is 4.24. The van der Waals surface area contributed by atoms with Crippen LogP contribution in [0.2, 0.25) is 0 Å². The molecule has 0 spiro atoms. The number of thioether (sulfide) groups is 1. The number of benzene rings is 2. The van der Waals surface area contributed by atoms with Gasteiger partial charge < -0.3 is 5.32 Å². The minimum atomic E-state index is -4.36. The molecule has 200 valence electrons. The zero-order valence-corrected chi connectivity index (χ0v) is 23.0. The van der Waals surface area contributed by atoms with Crippen molar-refractivity contribution in [2.24, 2.45) is 5.92 Å². The fourth-order valence-corrected chi connectivity index (χ4v) is 6.94. The lowest BCUT2D eigenvalue weighted by atomic mass is 9.95. The second-order valence-corrected chi connectivity index (χ2v) is 11.8. The number of hydrogen-bond donors (Lipinski definition) is 2. The fraction of sp³-hybridized carbons (Fsp3) is 0.333. The summed E-state index contributed by atoms with van der Waals surface area (Å²) in [6.07, 6.45) is -3.43. The summed E-state index contributed by atoms with van der Waals surface area (Å²) in [6, 6.07) is 13.3. The highest BCUT2D eigenvalue weighted by Gasteiger charge is 2.30. The number of nitrogens with one attached hydrogen (secondary N) is 2. The number of amides is 1. The Balaban J connectivity index is 1.52. The van der Waals surface area contributed by atoms with Gasteiger partial charge in [-0.15, -0.1) is 33.3 Å². The normalized spacial score (nSPS) is 12.6. The molecule has 2 aromatic carbocycles. The maximum Gasteiger partial charge on any atom is 0.416 e. The number of H-pyrrole nitrogens is 1. The summed E-state index contributed by atoms with van der Waals surface area (Å²) >= 11 is 3.21. The Kier molecular flexibility index (Phi) is 8.57. The highest BCUT2D eigenvalue weighted by molar-refractivity contribution is 7.99. The van der Waals surface area contributed by atoms with Crippen LogP contribution in [0.25, 0.3) is 11.1 Å². The van der Waals surface area contributed by atoms with Gasteiger partial charge in [0.25, 0.3) is 5.91 Å². The van der Waals surface area contributed by atoms with E-state index in [0.29, 0.717) is 16.6 Å². The minimum absolute atomic E-state index is 0.148. The van der Waals surface area contributed by atoms with Gasteiger partial charge in [-0.2, -0.15) is 18.4 Å². The van der Waals surface area contributed by atoms with Crippen LogP contribution < -0.4 is 5.32 Å². The molecule has 4 aromatic rings. The molecule has 0 bridgehead atoms. The summed E-state index contributed by atoms with van der Waals surface area (Å²) in [6.45, 7) is 8.50. The first kappa shape index (κ1) is 27.8. The summed E-state index contributed by atoms with van der Waals surface area (Å²) < 4.78 is 39.0. The van der Waals surface area contributed by atoms with Gasteiger partial charge in [-0.25, -0.2) is 0 Å². The molecule has 0 aliphatic rings. The lowest BCUT2D eigenvalue weighted by molar-refractivity contribution is -0.137. The number of halogens is 3. The summed E-state index contributed by atoms with van der Waals surface area (Å²) in [5.74, 6) is 0.666. The van der Waals surface area contributed by atoms with Crippen molar-refractivity contribution >= 4 is 29.0 Å². The first-order chi connectivity index (χ1) is 18.0. The van der Waals surface area contributed by atoms with Crippen molar-refractivity contribution < 1.29 is 18.0 Å². The molecule has 0 aliphatic heterocycles. The van der Waals surface area contributed by atoms with Crippen LogP contribution in [0.5, 0.6) is 0 Å². The maximum atomic E-state index is 13.0. The Hall–Kier alpha value is -3.18. The molecule has 0 fully saturated rings. The van der Waals surface area contributed by atoms with Crippen molar-refractivity contribution in [2.75, 3.05) is 0 Å². The van der Waals surface area contributed by atoms with Crippen LogP contribution in [0.3, 0.4) is 0 Å². The van der Waals surface area contributed by atoms with Crippen molar-refractivity contribution in [3.8, 4) is 11.1 Å². The van der Waals surface area contributed by atoms with Crippen LogP contribution in [0, 0.1) is 19.8 Å². The van der Waals surface area contributed by atoms with Gasteiger partial charge in [-0.05, 0) is 84.8 Å². The third kappa shape index (κ3) is 6.82. The van der Waals surface area contributed by atoms with Crippen molar-refractivity contribution in [3.63, 3.8) is 0 Å². The third-order valence-electron chi connectivity index (χ3n) is 5.94. The number of alkyl halides is 3.